The van der Waals surface area contributed by atoms with E-state index in [1.807, 2.05) is 17.8 Å². The predicted octanol–water partition coefficient (Wildman–Crippen LogP) is 3.65. The highest BCUT2D eigenvalue weighted by Gasteiger charge is 2.09. The van der Waals surface area contributed by atoms with E-state index in [-0.39, 0.29) is 5.78 Å². The van der Waals surface area contributed by atoms with Gasteiger partial charge in [-0.3, -0.25) is 4.79 Å². The zero-order valence-corrected chi connectivity index (χ0v) is 12.2. The molecule has 0 spiro atoms. The summed E-state index contributed by atoms with van der Waals surface area (Å²) < 4.78 is 2.71. The maximum Gasteiger partial charge on any atom is 0.163 e. The molecule has 1 aromatic heterocycles. The second-order valence-electron chi connectivity index (χ2n) is 4.01. The quantitative estimate of drug-likeness (QED) is 0.803. The first kappa shape index (κ1) is 13.3. The van der Waals surface area contributed by atoms with Crippen molar-refractivity contribution < 1.29 is 4.79 Å². The van der Waals surface area contributed by atoms with Gasteiger partial charge < -0.3 is 4.57 Å². The molecule has 3 nitrogen and oxygen atoms in total. The number of benzene rings is 1. The molecule has 0 bridgehead atoms. The van der Waals surface area contributed by atoms with E-state index < -0.39 is 0 Å². The first-order chi connectivity index (χ1) is 8.58. The van der Waals surface area contributed by atoms with Crippen molar-refractivity contribution in [2.24, 2.45) is 7.05 Å². The van der Waals surface area contributed by atoms with E-state index in [4.69, 9.17) is 11.6 Å². The number of carbonyl (C=O) groups excluding carboxylic acids is 1. The van der Waals surface area contributed by atoms with Crippen molar-refractivity contribution in [1.29, 1.82) is 0 Å². The third kappa shape index (κ3) is 3.00. The summed E-state index contributed by atoms with van der Waals surface area (Å²) >= 11 is 9.27. The molecule has 0 N–H and O–H groups in total. The maximum absolute atomic E-state index is 12.0. The molecule has 0 fully saturated rings. The molecular weight excluding hydrogens is 316 g/mol. The van der Waals surface area contributed by atoms with Crippen LogP contribution in [0.25, 0.3) is 0 Å². The van der Waals surface area contributed by atoms with Gasteiger partial charge in [0.05, 0.1) is 5.02 Å². The van der Waals surface area contributed by atoms with Crippen LogP contribution in [0.1, 0.15) is 22.6 Å². The normalized spacial score (nSPS) is 10.6. The van der Waals surface area contributed by atoms with Gasteiger partial charge in [-0.25, -0.2) is 4.98 Å². The zero-order chi connectivity index (χ0) is 13.1. The molecule has 2 aromatic rings. The molecule has 1 aromatic carbocycles. The van der Waals surface area contributed by atoms with Gasteiger partial charge in [0.2, 0.25) is 0 Å². The van der Waals surface area contributed by atoms with E-state index in [0.29, 0.717) is 23.4 Å². The molecule has 0 aliphatic carbocycles. The summed E-state index contributed by atoms with van der Waals surface area (Å²) in [6, 6.07) is 5.25. The Bertz CT molecular complexity index is 580. The van der Waals surface area contributed by atoms with Crippen molar-refractivity contribution in [2.45, 2.75) is 12.8 Å². The van der Waals surface area contributed by atoms with E-state index in [1.54, 1.807) is 24.4 Å². The summed E-state index contributed by atoms with van der Waals surface area (Å²) in [5.74, 6) is 0.985. The topological polar surface area (TPSA) is 34.9 Å². The number of carbonyl (C=O) groups is 1. The Morgan fingerprint density at radius 3 is 2.89 bits per heavy atom. The molecule has 0 atom stereocenters. The van der Waals surface area contributed by atoms with E-state index in [0.717, 1.165) is 10.3 Å². The Hall–Kier alpha value is -1.13. The summed E-state index contributed by atoms with van der Waals surface area (Å²) in [6.07, 6.45) is 4.67. The van der Waals surface area contributed by atoms with Crippen molar-refractivity contribution in [1.82, 2.24) is 9.55 Å². The van der Waals surface area contributed by atoms with Gasteiger partial charge in [-0.05, 0) is 28.1 Å². The highest BCUT2D eigenvalue weighted by atomic mass is 79.9. The number of hydrogen-bond acceptors (Lipinski definition) is 2. The van der Waals surface area contributed by atoms with Gasteiger partial charge in [-0.1, -0.05) is 17.7 Å². The van der Waals surface area contributed by atoms with Crippen LogP contribution in [0.5, 0.6) is 0 Å². The number of imidazole rings is 1. The number of ketones is 1. The lowest BCUT2D eigenvalue weighted by Crippen LogP contribution is -2.04. The summed E-state index contributed by atoms with van der Waals surface area (Å²) in [4.78, 5) is 16.2. The van der Waals surface area contributed by atoms with Gasteiger partial charge in [0.25, 0.3) is 0 Å². The number of halogens is 2. The smallest absolute Gasteiger partial charge is 0.163 e. The number of aryl methyl sites for hydroxylation is 2. The van der Waals surface area contributed by atoms with Crippen molar-refractivity contribution in [3.8, 4) is 0 Å². The summed E-state index contributed by atoms with van der Waals surface area (Å²) in [5.41, 5.74) is 0.636. The minimum absolute atomic E-state index is 0.0763. The molecule has 5 heteroatoms. The van der Waals surface area contributed by atoms with Gasteiger partial charge in [0, 0.05) is 42.3 Å². The number of hydrogen-bond donors (Lipinski definition) is 0. The molecule has 0 amide bonds. The van der Waals surface area contributed by atoms with Crippen molar-refractivity contribution in [2.75, 3.05) is 0 Å². The van der Waals surface area contributed by atoms with Crippen LogP contribution >= 0.6 is 27.5 Å². The molecule has 0 aliphatic heterocycles. The Morgan fingerprint density at radius 1 is 1.50 bits per heavy atom. The second-order valence-corrected chi connectivity index (χ2v) is 5.27. The van der Waals surface area contributed by atoms with Crippen LogP contribution < -0.4 is 0 Å². The lowest BCUT2D eigenvalue weighted by atomic mass is 10.1. The standard InChI is InChI=1S/C13H12BrClN2O/c1-17-7-6-16-13(17)5-4-12(18)9-2-3-10(14)11(15)8-9/h2-3,6-8H,4-5H2,1H3. The molecule has 18 heavy (non-hydrogen) atoms. The first-order valence-corrected chi connectivity index (χ1v) is 6.69. The van der Waals surface area contributed by atoms with Gasteiger partial charge >= 0.3 is 0 Å². The van der Waals surface area contributed by atoms with E-state index >= 15 is 0 Å². The SMILES string of the molecule is Cn1ccnc1CCC(=O)c1ccc(Br)c(Cl)c1. The summed E-state index contributed by atoms with van der Waals surface area (Å²) in [6.45, 7) is 0. The number of rotatable bonds is 4. The third-order valence-corrected chi connectivity index (χ3v) is 3.97. The largest absolute Gasteiger partial charge is 0.338 e. The summed E-state index contributed by atoms with van der Waals surface area (Å²) in [7, 11) is 1.92. The van der Waals surface area contributed by atoms with Gasteiger partial charge in [0.15, 0.2) is 5.78 Å². The lowest BCUT2D eigenvalue weighted by Gasteiger charge is -2.03. The van der Waals surface area contributed by atoms with Crippen LogP contribution in [0.3, 0.4) is 0 Å². The molecular formula is C13H12BrClN2O. The molecule has 1 heterocycles. The van der Waals surface area contributed by atoms with Crippen molar-refractivity contribution >= 4 is 33.3 Å². The van der Waals surface area contributed by atoms with E-state index in [9.17, 15) is 4.79 Å². The van der Waals surface area contributed by atoms with Crippen molar-refractivity contribution in [3.05, 3.63) is 51.5 Å². The molecule has 0 aliphatic rings. The Labute approximate surface area is 119 Å². The molecule has 0 saturated carbocycles. The highest BCUT2D eigenvalue weighted by molar-refractivity contribution is 9.10. The number of nitrogens with zero attached hydrogens (tertiary/aromatic N) is 2. The lowest BCUT2D eigenvalue weighted by molar-refractivity contribution is 0.0982. The number of aromatic nitrogens is 2. The Balaban J connectivity index is 2.04. The van der Waals surface area contributed by atoms with Crippen LogP contribution in [0.15, 0.2) is 35.1 Å². The van der Waals surface area contributed by atoms with Gasteiger partial charge in [-0.2, -0.15) is 0 Å². The molecule has 94 valence electrons. The molecule has 0 unspecified atom stereocenters. The fourth-order valence-electron chi connectivity index (χ4n) is 1.68. The molecule has 2 rings (SSSR count). The Morgan fingerprint density at radius 2 is 2.28 bits per heavy atom. The summed E-state index contributed by atoms with van der Waals surface area (Å²) in [5, 5.41) is 0.554. The fraction of sp³-hybridized carbons (Fsp3) is 0.231. The van der Waals surface area contributed by atoms with Crippen LogP contribution in [0, 0.1) is 0 Å². The maximum atomic E-state index is 12.0. The Kier molecular flexibility index (Phi) is 4.19. The van der Waals surface area contributed by atoms with E-state index in [1.165, 1.54) is 0 Å². The highest BCUT2D eigenvalue weighted by Crippen LogP contribution is 2.23. The third-order valence-electron chi connectivity index (χ3n) is 2.74. The van der Waals surface area contributed by atoms with Crippen LogP contribution in [0.2, 0.25) is 5.02 Å². The van der Waals surface area contributed by atoms with Crippen LogP contribution in [-0.2, 0) is 13.5 Å². The monoisotopic (exact) mass is 326 g/mol. The predicted molar refractivity (Wildman–Crippen MR) is 75.0 cm³/mol. The van der Waals surface area contributed by atoms with Gasteiger partial charge in [-0.15, -0.1) is 0 Å². The van der Waals surface area contributed by atoms with Crippen molar-refractivity contribution in [3.63, 3.8) is 0 Å². The zero-order valence-electron chi connectivity index (χ0n) is 9.86. The van der Waals surface area contributed by atoms with Crippen LogP contribution in [-0.4, -0.2) is 15.3 Å². The average molecular weight is 328 g/mol. The molecule has 0 saturated heterocycles. The minimum atomic E-state index is 0.0763. The molecule has 0 radical (unpaired) electrons. The number of Topliss-reactive ketones (excluding diaryl/α,β-unsaturated/α-hetero) is 1. The van der Waals surface area contributed by atoms with Crippen LogP contribution in [0.4, 0.5) is 0 Å². The first-order valence-electron chi connectivity index (χ1n) is 5.52. The van der Waals surface area contributed by atoms with E-state index in [2.05, 4.69) is 20.9 Å². The fourth-order valence-corrected chi connectivity index (χ4v) is 2.10. The minimum Gasteiger partial charge on any atom is -0.338 e. The average Bonchev–Trinajstić information content (AvgIpc) is 2.75. The second kappa shape index (κ2) is 5.67. The van der Waals surface area contributed by atoms with Gasteiger partial charge in [0.1, 0.15) is 5.82 Å².